The van der Waals surface area contributed by atoms with Gasteiger partial charge in [-0.15, -0.1) is 0 Å². The molecule has 0 spiro atoms. The maximum Gasteiger partial charge on any atom is 0.338 e. The third-order valence-electron chi connectivity index (χ3n) is 2.95. The van der Waals surface area contributed by atoms with Gasteiger partial charge in [0, 0.05) is 23.0 Å². The number of carbonyl (C=O) groups is 1. The summed E-state index contributed by atoms with van der Waals surface area (Å²) in [6, 6.07) is 14.2. The van der Waals surface area contributed by atoms with Crippen LogP contribution in [0, 0.1) is 22.7 Å². The normalized spacial score (nSPS) is 9.40. The maximum absolute atomic E-state index is 11.8. The summed E-state index contributed by atoms with van der Waals surface area (Å²) in [5.41, 5.74) is 1.21. The third-order valence-corrected chi connectivity index (χ3v) is 3.89. The monoisotopic (exact) mass is 350 g/mol. The molecule has 0 saturated heterocycles. The third kappa shape index (κ3) is 5.38. The standard InChI is InChI=1S/C18H14N4O2S/c1-2-24-18(23)14-7-8-21-17(9-14)25-16-5-3-15(4-6-16)22-12-13(10-19)11-20/h3-9,12,22H,2H2,1H3. The molecule has 0 aliphatic carbocycles. The number of carbonyl (C=O) groups excluding carboxylic acids is 1. The first-order chi connectivity index (χ1) is 12.2. The lowest BCUT2D eigenvalue weighted by molar-refractivity contribution is 0.0526. The van der Waals surface area contributed by atoms with Crippen molar-refractivity contribution in [3.63, 3.8) is 0 Å². The van der Waals surface area contributed by atoms with Crippen LogP contribution in [0.4, 0.5) is 5.69 Å². The summed E-state index contributed by atoms with van der Waals surface area (Å²) in [5.74, 6) is -0.371. The molecule has 124 valence electrons. The first-order valence-corrected chi connectivity index (χ1v) is 8.16. The van der Waals surface area contributed by atoms with Crippen LogP contribution < -0.4 is 5.32 Å². The van der Waals surface area contributed by atoms with Crippen LogP contribution in [-0.2, 0) is 4.74 Å². The van der Waals surface area contributed by atoms with Crippen molar-refractivity contribution in [2.75, 3.05) is 11.9 Å². The minimum absolute atomic E-state index is 0.00145. The number of nitrogens with one attached hydrogen (secondary N) is 1. The van der Waals surface area contributed by atoms with Crippen LogP contribution in [0.25, 0.3) is 0 Å². The van der Waals surface area contributed by atoms with Crippen molar-refractivity contribution in [1.29, 1.82) is 10.5 Å². The number of esters is 1. The molecule has 1 N–H and O–H groups in total. The minimum Gasteiger partial charge on any atom is -0.462 e. The van der Waals surface area contributed by atoms with Crippen molar-refractivity contribution in [1.82, 2.24) is 4.98 Å². The van der Waals surface area contributed by atoms with Gasteiger partial charge in [0.25, 0.3) is 0 Å². The van der Waals surface area contributed by atoms with Crippen molar-refractivity contribution in [3.05, 3.63) is 59.9 Å². The highest BCUT2D eigenvalue weighted by Gasteiger charge is 2.08. The number of ether oxygens (including phenoxy) is 1. The number of hydrogen-bond donors (Lipinski definition) is 1. The molecule has 0 atom stereocenters. The van der Waals surface area contributed by atoms with Gasteiger partial charge < -0.3 is 10.1 Å². The fraction of sp³-hybridized carbons (Fsp3) is 0.111. The van der Waals surface area contributed by atoms with Crippen LogP contribution in [0.1, 0.15) is 17.3 Å². The molecule has 0 amide bonds. The van der Waals surface area contributed by atoms with E-state index in [1.54, 1.807) is 37.4 Å². The van der Waals surface area contributed by atoms with Crippen molar-refractivity contribution >= 4 is 23.4 Å². The Morgan fingerprint density at radius 2 is 2.00 bits per heavy atom. The van der Waals surface area contributed by atoms with Gasteiger partial charge in [-0.05, 0) is 43.3 Å². The molecule has 7 heteroatoms. The van der Waals surface area contributed by atoms with Gasteiger partial charge in [0.1, 0.15) is 22.7 Å². The molecule has 0 unspecified atom stereocenters. The van der Waals surface area contributed by atoms with E-state index in [0.29, 0.717) is 17.2 Å². The lowest BCUT2D eigenvalue weighted by atomic mass is 10.3. The molecule has 0 aliphatic heterocycles. The number of nitriles is 2. The molecule has 2 rings (SSSR count). The smallest absolute Gasteiger partial charge is 0.338 e. The van der Waals surface area contributed by atoms with Gasteiger partial charge in [0.2, 0.25) is 0 Å². The summed E-state index contributed by atoms with van der Waals surface area (Å²) in [7, 11) is 0. The molecule has 0 fully saturated rings. The van der Waals surface area contributed by atoms with Crippen LogP contribution in [0.2, 0.25) is 0 Å². The van der Waals surface area contributed by atoms with Gasteiger partial charge in [0.15, 0.2) is 0 Å². The summed E-state index contributed by atoms with van der Waals surface area (Å²) in [6.45, 7) is 2.08. The Morgan fingerprint density at radius 1 is 1.28 bits per heavy atom. The van der Waals surface area contributed by atoms with E-state index in [0.717, 1.165) is 10.6 Å². The van der Waals surface area contributed by atoms with E-state index in [4.69, 9.17) is 15.3 Å². The van der Waals surface area contributed by atoms with Crippen LogP contribution in [-0.4, -0.2) is 17.6 Å². The summed E-state index contributed by atoms with van der Waals surface area (Å²) >= 11 is 1.41. The van der Waals surface area contributed by atoms with Gasteiger partial charge in [-0.3, -0.25) is 0 Å². The van der Waals surface area contributed by atoms with Crippen molar-refractivity contribution in [3.8, 4) is 12.1 Å². The number of nitrogens with zero attached hydrogens (tertiary/aromatic N) is 3. The highest BCUT2D eigenvalue weighted by molar-refractivity contribution is 7.99. The molecule has 6 nitrogen and oxygen atoms in total. The van der Waals surface area contributed by atoms with E-state index >= 15 is 0 Å². The summed E-state index contributed by atoms with van der Waals surface area (Å²) in [6.07, 6.45) is 2.92. The van der Waals surface area contributed by atoms with E-state index in [1.165, 1.54) is 18.0 Å². The predicted molar refractivity (Wildman–Crippen MR) is 93.7 cm³/mol. The Labute approximate surface area is 149 Å². The van der Waals surface area contributed by atoms with Crippen molar-refractivity contribution < 1.29 is 9.53 Å². The van der Waals surface area contributed by atoms with Crippen LogP contribution in [0.15, 0.2) is 64.3 Å². The summed E-state index contributed by atoms with van der Waals surface area (Å²) < 4.78 is 4.98. The van der Waals surface area contributed by atoms with Gasteiger partial charge in [-0.1, -0.05) is 11.8 Å². The topological polar surface area (TPSA) is 98.8 Å². The molecule has 1 aromatic carbocycles. The largest absolute Gasteiger partial charge is 0.462 e. The Morgan fingerprint density at radius 3 is 2.64 bits per heavy atom. The molecule has 1 heterocycles. The fourth-order valence-corrected chi connectivity index (χ4v) is 2.60. The molecule has 0 aliphatic rings. The molecule has 0 bridgehead atoms. The average molecular weight is 350 g/mol. The van der Waals surface area contributed by atoms with E-state index in [9.17, 15) is 4.79 Å². The molecule has 2 aromatic rings. The van der Waals surface area contributed by atoms with Crippen LogP contribution in [0.3, 0.4) is 0 Å². The highest BCUT2D eigenvalue weighted by atomic mass is 32.2. The van der Waals surface area contributed by atoms with E-state index in [1.807, 2.05) is 24.3 Å². The van der Waals surface area contributed by atoms with E-state index < -0.39 is 0 Å². The number of aromatic nitrogens is 1. The van der Waals surface area contributed by atoms with Gasteiger partial charge in [-0.25, -0.2) is 9.78 Å². The zero-order chi connectivity index (χ0) is 18.1. The Hall–Kier alpha value is -3.29. The quantitative estimate of drug-likeness (QED) is 0.625. The minimum atomic E-state index is -0.371. The molecule has 25 heavy (non-hydrogen) atoms. The van der Waals surface area contributed by atoms with Crippen LogP contribution in [0.5, 0.6) is 0 Å². The first-order valence-electron chi connectivity index (χ1n) is 7.34. The molecular formula is C18H14N4O2S. The van der Waals surface area contributed by atoms with Gasteiger partial charge >= 0.3 is 5.97 Å². The Bertz CT molecular complexity index is 848. The summed E-state index contributed by atoms with van der Waals surface area (Å²) in [5, 5.41) is 20.9. The lowest BCUT2D eigenvalue weighted by Crippen LogP contribution is -2.04. The molecule has 0 radical (unpaired) electrons. The molecule has 0 saturated carbocycles. The van der Waals surface area contributed by atoms with Crippen molar-refractivity contribution in [2.24, 2.45) is 0 Å². The summed E-state index contributed by atoms with van der Waals surface area (Å²) in [4.78, 5) is 16.9. The zero-order valence-corrected chi connectivity index (χ0v) is 14.2. The number of benzene rings is 1. The first kappa shape index (κ1) is 18.1. The predicted octanol–water partition coefficient (Wildman–Crippen LogP) is 3.75. The number of allylic oxidation sites excluding steroid dienone is 1. The number of anilines is 1. The van der Waals surface area contributed by atoms with E-state index in [2.05, 4.69) is 10.3 Å². The highest BCUT2D eigenvalue weighted by Crippen LogP contribution is 2.27. The Balaban J connectivity index is 2.06. The second-order valence-corrected chi connectivity index (χ2v) is 5.75. The number of hydrogen-bond acceptors (Lipinski definition) is 7. The van der Waals surface area contributed by atoms with Crippen molar-refractivity contribution in [2.45, 2.75) is 16.8 Å². The number of pyridine rings is 1. The second kappa shape index (κ2) is 9.11. The fourth-order valence-electron chi connectivity index (χ4n) is 1.79. The van der Waals surface area contributed by atoms with Gasteiger partial charge in [0.05, 0.1) is 12.2 Å². The SMILES string of the molecule is CCOC(=O)c1ccnc(Sc2ccc(NC=C(C#N)C#N)cc2)c1. The van der Waals surface area contributed by atoms with Crippen LogP contribution >= 0.6 is 11.8 Å². The number of rotatable bonds is 6. The molecule has 1 aromatic heterocycles. The second-order valence-electron chi connectivity index (χ2n) is 4.66. The lowest BCUT2D eigenvalue weighted by Gasteiger charge is -2.05. The Kier molecular flexibility index (Phi) is 6.58. The maximum atomic E-state index is 11.8. The van der Waals surface area contributed by atoms with E-state index in [-0.39, 0.29) is 11.5 Å². The zero-order valence-electron chi connectivity index (χ0n) is 13.4. The average Bonchev–Trinajstić information content (AvgIpc) is 2.64. The molecular weight excluding hydrogens is 336 g/mol. The van der Waals surface area contributed by atoms with Gasteiger partial charge in [-0.2, -0.15) is 10.5 Å².